The summed E-state index contributed by atoms with van der Waals surface area (Å²) in [5, 5.41) is 12.0. The Morgan fingerprint density at radius 1 is 0.353 bits per heavy atom. The monoisotopic (exact) mass is 650 g/mol. The second-order valence-corrected chi connectivity index (χ2v) is 13.4. The molecule has 0 aliphatic carbocycles. The average molecular weight is 651 g/mol. The highest BCUT2D eigenvalue weighted by Gasteiger charge is 2.20. The molecule has 11 aromatic rings. The first-order valence-corrected chi connectivity index (χ1v) is 17.4. The van der Waals surface area contributed by atoms with E-state index in [0.717, 1.165) is 44.7 Å². The molecule has 9 aromatic carbocycles. The Kier molecular flexibility index (Phi) is 5.96. The Hall–Kier alpha value is -6.84. The molecule has 0 bridgehead atoms. The highest BCUT2D eigenvalue weighted by Crippen LogP contribution is 2.43. The molecule has 0 N–H and O–H groups in total. The molecule has 0 amide bonds. The molecule has 0 atom stereocenters. The van der Waals surface area contributed by atoms with E-state index in [1.54, 1.807) is 0 Å². The third-order valence-electron chi connectivity index (χ3n) is 10.5. The van der Waals surface area contributed by atoms with Gasteiger partial charge in [0.2, 0.25) is 0 Å². The van der Waals surface area contributed by atoms with E-state index < -0.39 is 0 Å². The maximum Gasteiger partial charge on any atom is 0.136 e. The summed E-state index contributed by atoms with van der Waals surface area (Å²) < 4.78 is 8.83. The lowest BCUT2D eigenvalue weighted by molar-refractivity contribution is 0.669. The molecule has 0 unspecified atom stereocenters. The first-order chi connectivity index (χ1) is 25.3. The van der Waals surface area contributed by atoms with E-state index in [1.165, 1.54) is 54.1 Å². The zero-order chi connectivity index (χ0) is 33.5. The van der Waals surface area contributed by atoms with Crippen LogP contribution in [0.25, 0.3) is 81.7 Å². The zero-order valence-electron chi connectivity index (χ0n) is 27.6. The molecular weight excluding hydrogens is 621 g/mol. The summed E-state index contributed by atoms with van der Waals surface area (Å²) in [6.45, 7) is 0. The van der Waals surface area contributed by atoms with Gasteiger partial charge in [-0.25, -0.2) is 0 Å². The summed E-state index contributed by atoms with van der Waals surface area (Å²) >= 11 is 0. The van der Waals surface area contributed by atoms with Crippen LogP contribution >= 0.6 is 0 Å². The molecule has 0 fully saturated rings. The molecule has 0 aliphatic rings. The van der Waals surface area contributed by atoms with Crippen LogP contribution in [0.2, 0.25) is 0 Å². The third-order valence-corrected chi connectivity index (χ3v) is 10.5. The number of furan rings is 1. The fraction of sp³-hybridized carbons (Fsp3) is 0. The van der Waals surface area contributed by atoms with Crippen molar-refractivity contribution in [1.82, 2.24) is 4.57 Å². The number of rotatable bonds is 4. The molecule has 3 heteroatoms. The Bertz CT molecular complexity index is 3150. The molecule has 2 heterocycles. The lowest BCUT2D eigenvalue weighted by atomic mass is 10.0. The van der Waals surface area contributed by atoms with Gasteiger partial charge in [-0.1, -0.05) is 103 Å². The number of anilines is 3. The number of nitrogens with zero attached hydrogens (tertiary/aromatic N) is 2. The number of aromatic nitrogens is 1. The molecule has 0 saturated carbocycles. The normalized spacial score (nSPS) is 11.9. The van der Waals surface area contributed by atoms with Gasteiger partial charge in [0.05, 0.1) is 11.0 Å². The van der Waals surface area contributed by atoms with Crippen molar-refractivity contribution >= 4 is 93.1 Å². The maximum absolute atomic E-state index is 6.40. The Labute approximate surface area is 293 Å². The van der Waals surface area contributed by atoms with E-state index in [-0.39, 0.29) is 0 Å². The minimum Gasteiger partial charge on any atom is -0.456 e. The lowest BCUT2D eigenvalue weighted by Crippen LogP contribution is -2.09. The minimum atomic E-state index is 0.887. The number of benzene rings is 9. The van der Waals surface area contributed by atoms with Crippen molar-refractivity contribution < 1.29 is 4.42 Å². The van der Waals surface area contributed by atoms with Crippen LogP contribution in [0.1, 0.15) is 0 Å². The fourth-order valence-corrected chi connectivity index (χ4v) is 8.13. The van der Waals surface area contributed by atoms with Crippen LogP contribution in [0.5, 0.6) is 0 Å². The van der Waals surface area contributed by atoms with Gasteiger partial charge in [0.1, 0.15) is 11.2 Å². The number of hydrogen-bond donors (Lipinski definition) is 0. The molecule has 0 spiro atoms. The van der Waals surface area contributed by atoms with Gasteiger partial charge in [-0.15, -0.1) is 0 Å². The van der Waals surface area contributed by atoms with Crippen molar-refractivity contribution in [1.29, 1.82) is 0 Å². The van der Waals surface area contributed by atoms with Crippen LogP contribution in [0.15, 0.2) is 186 Å². The summed E-state index contributed by atoms with van der Waals surface area (Å²) in [5.41, 5.74) is 8.58. The molecule has 0 aliphatic heterocycles. The molecule has 51 heavy (non-hydrogen) atoms. The first kappa shape index (κ1) is 28.0. The predicted molar refractivity (Wildman–Crippen MR) is 215 cm³/mol. The van der Waals surface area contributed by atoms with Crippen molar-refractivity contribution in [3.8, 4) is 5.69 Å². The van der Waals surface area contributed by atoms with Gasteiger partial charge in [-0.05, 0) is 111 Å². The Morgan fingerprint density at radius 2 is 0.961 bits per heavy atom. The fourth-order valence-electron chi connectivity index (χ4n) is 8.13. The van der Waals surface area contributed by atoms with Gasteiger partial charge < -0.3 is 13.9 Å². The summed E-state index contributed by atoms with van der Waals surface area (Å²) in [6, 6.07) is 65.7. The largest absolute Gasteiger partial charge is 0.456 e. The molecule has 0 radical (unpaired) electrons. The van der Waals surface area contributed by atoms with Crippen LogP contribution < -0.4 is 4.90 Å². The highest BCUT2D eigenvalue weighted by atomic mass is 16.3. The van der Waals surface area contributed by atoms with Crippen molar-refractivity contribution in [3.63, 3.8) is 0 Å². The zero-order valence-corrected chi connectivity index (χ0v) is 27.6. The van der Waals surface area contributed by atoms with E-state index in [1.807, 2.05) is 0 Å². The Balaban J connectivity index is 1.17. The number of para-hydroxylation sites is 1. The van der Waals surface area contributed by atoms with E-state index in [9.17, 15) is 0 Å². The lowest BCUT2D eigenvalue weighted by Gasteiger charge is -2.25. The van der Waals surface area contributed by atoms with E-state index in [2.05, 4.69) is 191 Å². The smallest absolute Gasteiger partial charge is 0.136 e. The van der Waals surface area contributed by atoms with Crippen molar-refractivity contribution in [2.45, 2.75) is 0 Å². The van der Waals surface area contributed by atoms with Crippen LogP contribution in [0, 0.1) is 0 Å². The van der Waals surface area contributed by atoms with E-state index in [4.69, 9.17) is 4.42 Å². The van der Waals surface area contributed by atoms with Gasteiger partial charge in [0.15, 0.2) is 0 Å². The van der Waals surface area contributed by atoms with Gasteiger partial charge >= 0.3 is 0 Å². The van der Waals surface area contributed by atoms with E-state index >= 15 is 0 Å². The second-order valence-electron chi connectivity index (χ2n) is 13.4. The van der Waals surface area contributed by atoms with Crippen LogP contribution in [0.4, 0.5) is 17.1 Å². The van der Waals surface area contributed by atoms with E-state index in [0.29, 0.717) is 0 Å². The van der Waals surface area contributed by atoms with Gasteiger partial charge in [0.25, 0.3) is 0 Å². The molecule has 3 nitrogen and oxygen atoms in total. The molecule has 238 valence electrons. The number of fused-ring (bicyclic) bond motifs is 10. The molecular formula is C48H30N2O. The molecule has 2 aromatic heterocycles. The topological polar surface area (TPSA) is 21.3 Å². The summed E-state index contributed by atoms with van der Waals surface area (Å²) in [7, 11) is 0. The molecule has 0 saturated heterocycles. The second kappa shape index (κ2) is 10.8. The third kappa shape index (κ3) is 4.32. The maximum atomic E-state index is 6.40. The van der Waals surface area contributed by atoms with Crippen LogP contribution in [0.3, 0.4) is 0 Å². The summed E-state index contributed by atoms with van der Waals surface area (Å²) in [5.74, 6) is 0. The van der Waals surface area contributed by atoms with Gasteiger partial charge in [-0.2, -0.15) is 0 Å². The van der Waals surface area contributed by atoms with Crippen molar-refractivity contribution in [3.05, 3.63) is 182 Å². The average Bonchev–Trinajstić information content (AvgIpc) is 3.72. The SMILES string of the molecule is c1ccc(N(c2ccc3oc4cc5ccccc5cc4c3c2)c2ccc3c(c2)c2c4ccccc4ccc2n3-c2ccc3ccccc3c2)cc1. The van der Waals surface area contributed by atoms with Gasteiger partial charge in [-0.3, -0.25) is 0 Å². The minimum absolute atomic E-state index is 0.887. The summed E-state index contributed by atoms with van der Waals surface area (Å²) in [4.78, 5) is 2.36. The van der Waals surface area contributed by atoms with Crippen molar-refractivity contribution in [2.24, 2.45) is 0 Å². The van der Waals surface area contributed by atoms with Gasteiger partial charge in [0, 0.05) is 44.3 Å². The Morgan fingerprint density at radius 3 is 1.78 bits per heavy atom. The summed E-state index contributed by atoms with van der Waals surface area (Å²) in [6.07, 6.45) is 0. The first-order valence-electron chi connectivity index (χ1n) is 17.4. The standard InChI is InChI=1S/C48H30N2O/c1-2-15-36(16-3-1)49(39-22-25-46-42(29-39)41-27-34-13-6-7-14-35(34)28-47(41)51-46)38-21-24-44-43(30-38)48-40-17-9-8-11-32(40)19-23-45(48)50(44)37-20-18-31-10-4-5-12-33(31)26-37/h1-30H. The molecule has 11 rings (SSSR count). The van der Waals surface area contributed by atoms with Crippen LogP contribution in [-0.2, 0) is 0 Å². The van der Waals surface area contributed by atoms with Crippen molar-refractivity contribution in [2.75, 3.05) is 4.90 Å². The predicted octanol–water partition coefficient (Wildman–Crippen LogP) is 13.6. The quantitative estimate of drug-likeness (QED) is 0.189. The number of hydrogen-bond acceptors (Lipinski definition) is 2. The van der Waals surface area contributed by atoms with Crippen LogP contribution in [-0.4, -0.2) is 4.57 Å². The highest BCUT2D eigenvalue weighted by molar-refractivity contribution is 6.22.